The van der Waals surface area contributed by atoms with Gasteiger partial charge in [0.05, 0.1) is 25.0 Å². The number of methoxy groups -OCH3 is 1. The Hall–Kier alpha value is -2.43. The van der Waals surface area contributed by atoms with Gasteiger partial charge < -0.3 is 14.2 Å². The molecule has 0 aliphatic carbocycles. The molecule has 2 atom stereocenters. The van der Waals surface area contributed by atoms with Crippen LogP contribution < -0.4 is 19.7 Å². The number of halogens is 1. The lowest BCUT2D eigenvalue weighted by molar-refractivity contribution is -0.120. The highest BCUT2D eigenvalue weighted by molar-refractivity contribution is 6.06. The second-order valence-corrected chi connectivity index (χ2v) is 10.5. The van der Waals surface area contributed by atoms with Crippen molar-refractivity contribution in [2.75, 3.05) is 64.4 Å². The van der Waals surface area contributed by atoms with Crippen molar-refractivity contribution < 1.29 is 28.2 Å². The first-order valence-corrected chi connectivity index (χ1v) is 13.5. The largest absolute Gasteiger partial charge is 0.495 e. The van der Waals surface area contributed by atoms with Crippen LogP contribution in [0.25, 0.3) is 0 Å². The van der Waals surface area contributed by atoms with E-state index in [0.717, 1.165) is 52.0 Å². The summed E-state index contributed by atoms with van der Waals surface area (Å²) in [4.78, 5) is 30.0. The van der Waals surface area contributed by atoms with E-state index < -0.39 is 12.2 Å². The molecule has 0 spiro atoms. The lowest BCUT2D eigenvalue weighted by Gasteiger charge is -2.39. The fourth-order valence-electron chi connectivity index (χ4n) is 5.43. The number of urea groups is 1. The average molecular weight is 521 g/mol. The van der Waals surface area contributed by atoms with Crippen LogP contribution in [0.5, 0.6) is 11.5 Å². The van der Waals surface area contributed by atoms with Crippen LogP contribution in [0, 0.1) is 5.92 Å². The maximum absolute atomic E-state index is 14.5. The SMILES string of the molecule is COc1ccc(OCCN2CCC(CN3CCC(OC(C)C)C(F)C3)CC2)cc1N1CCC(=O)NC1=O. The van der Waals surface area contributed by atoms with Crippen molar-refractivity contribution in [2.24, 2.45) is 5.92 Å². The molecule has 0 bridgehead atoms. The minimum atomic E-state index is -0.904. The van der Waals surface area contributed by atoms with E-state index in [-0.39, 0.29) is 24.5 Å². The van der Waals surface area contributed by atoms with Crippen molar-refractivity contribution in [3.8, 4) is 11.5 Å². The van der Waals surface area contributed by atoms with Crippen molar-refractivity contribution in [1.29, 1.82) is 0 Å². The summed E-state index contributed by atoms with van der Waals surface area (Å²) in [6, 6.07) is 4.94. The van der Waals surface area contributed by atoms with Gasteiger partial charge >= 0.3 is 6.03 Å². The molecule has 3 heterocycles. The van der Waals surface area contributed by atoms with Crippen LogP contribution in [0.2, 0.25) is 0 Å². The molecule has 3 saturated heterocycles. The Bertz CT molecular complexity index is 924. The molecule has 0 radical (unpaired) electrons. The van der Waals surface area contributed by atoms with Crippen LogP contribution in [-0.4, -0.2) is 99.6 Å². The van der Waals surface area contributed by atoms with E-state index in [0.29, 0.717) is 42.8 Å². The number of hydrogen-bond donors (Lipinski definition) is 1. The van der Waals surface area contributed by atoms with Crippen LogP contribution in [-0.2, 0) is 9.53 Å². The van der Waals surface area contributed by atoms with Crippen LogP contribution in [0.4, 0.5) is 14.9 Å². The number of nitrogens with one attached hydrogen (secondary N) is 1. The number of likely N-dealkylation sites (tertiary alicyclic amines) is 2. The number of alkyl halides is 1. The molecule has 1 aromatic rings. The van der Waals surface area contributed by atoms with Gasteiger partial charge in [-0.2, -0.15) is 0 Å². The zero-order chi connectivity index (χ0) is 26.4. The zero-order valence-corrected chi connectivity index (χ0v) is 22.3. The molecule has 0 aromatic heterocycles. The van der Waals surface area contributed by atoms with Crippen molar-refractivity contribution in [1.82, 2.24) is 15.1 Å². The Balaban J connectivity index is 1.19. The molecule has 10 heteroatoms. The molecule has 3 fully saturated rings. The summed E-state index contributed by atoms with van der Waals surface area (Å²) in [6.45, 7) is 9.95. The van der Waals surface area contributed by atoms with E-state index in [9.17, 15) is 14.0 Å². The summed E-state index contributed by atoms with van der Waals surface area (Å²) in [5, 5.41) is 2.34. The fraction of sp³-hybridized carbons (Fsp3) is 0.704. The second kappa shape index (κ2) is 12.9. The molecular weight excluding hydrogens is 479 g/mol. The van der Waals surface area contributed by atoms with Gasteiger partial charge in [0.2, 0.25) is 5.91 Å². The van der Waals surface area contributed by atoms with E-state index in [2.05, 4.69) is 15.1 Å². The standard InChI is InChI=1S/C27H41FN4O5/c1-19(2)37-24-8-12-31(18-22(24)28)17-20-6-10-30(11-7-20)14-15-36-21-4-5-25(35-3)23(16-21)32-13-9-26(33)29-27(32)34/h4-5,16,19-20,22,24H,6-15,17-18H2,1-3H3,(H,29,33,34). The quantitative estimate of drug-likeness (QED) is 0.508. The summed E-state index contributed by atoms with van der Waals surface area (Å²) in [5.41, 5.74) is 0.584. The molecule has 1 N–H and O–H groups in total. The van der Waals surface area contributed by atoms with E-state index in [4.69, 9.17) is 14.2 Å². The normalized spacial score (nSPS) is 24.4. The van der Waals surface area contributed by atoms with Gasteiger partial charge in [-0.25, -0.2) is 9.18 Å². The lowest BCUT2D eigenvalue weighted by atomic mass is 9.94. The van der Waals surface area contributed by atoms with E-state index in [1.165, 1.54) is 4.90 Å². The van der Waals surface area contributed by atoms with Crippen molar-refractivity contribution >= 4 is 17.6 Å². The summed E-state index contributed by atoms with van der Waals surface area (Å²) in [5.74, 6) is 1.53. The first-order valence-electron chi connectivity index (χ1n) is 13.5. The summed E-state index contributed by atoms with van der Waals surface area (Å²) < 4.78 is 31.7. The smallest absolute Gasteiger partial charge is 0.328 e. The lowest BCUT2D eigenvalue weighted by Crippen LogP contribution is -2.49. The van der Waals surface area contributed by atoms with Crippen molar-refractivity contribution in [3.63, 3.8) is 0 Å². The number of imide groups is 1. The Morgan fingerprint density at radius 1 is 1.08 bits per heavy atom. The number of amides is 3. The minimum absolute atomic E-state index is 0.0676. The fourth-order valence-corrected chi connectivity index (χ4v) is 5.43. The van der Waals surface area contributed by atoms with Crippen LogP contribution in [0.1, 0.15) is 39.5 Å². The number of piperidine rings is 2. The van der Waals surface area contributed by atoms with E-state index in [1.807, 2.05) is 19.9 Å². The molecule has 3 amide bonds. The first kappa shape index (κ1) is 27.6. The van der Waals surface area contributed by atoms with Gasteiger partial charge in [-0.1, -0.05) is 0 Å². The Morgan fingerprint density at radius 2 is 1.84 bits per heavy atom. The first-order chi connectivity index (χ1) is 17.8. The summed E-state index contributed by atoms with van der Waals surface area (Å²) in [7, 11) is 1.55. The maximum atomic E-state index is 14.5. The average Bonchev–Trinajstić information content (AvgIpc) is 2.86. The third kappa shape index (κ3) is 7.55. The number of carbonyl (C=O) groups is 2. The molecule has 1 aromatic carbocycles. The Morgan fingerprint density at radius 3 is 2.51 bits per heavy atom. The topological polar surface area (TPSA) is 83.6 Å². The number of hydrogen-bond acceptors (Lipinski definition) is 7. The number of anilines is 1. The Labute approximate surface area is 219 Å². The predicted octanol–water partition coefficient (Wildman–Crippen LogP) is 3.07. The molecule has 2 unspecified atom stereocenters. The van der Waals surface area contributed by atoms with Crippen LogP contribution in [0.3, 0.4) is 0 Å². The number of carbonyl (C=O) groups excluding carboxylic acids is 2. The monoisotopic (exact) mass is 520 g/mol. The maximum Gasteiger partial charge on any atom is 0.328 e. The molecule has 0 saturated carbocycles. The molecule has 9 nitrogen and oxygen atoms in total. The van der Waals surface area contributed by atoms with Gasteiger partial charge in [0.15, 0.2) is 0 Å². The van der Waals surface area contributed by atoms with Gasteiger partial charge in [-0.3, -0.25) is 24.8 Å². The van der Waals surface area contributed by atoms with Gasteiger partial charge in [0.25, 0.3) is 0 Å². The molecular formula is C27H41FN4O5. The molecule has 3 aliphatic rings. The summed E-state index contributed by atoms with van der Waals surface area (Å²) in [6.07, 6.45) is 2.12. The molecule has 4 rings (SSSR count). The van der Waals surface area contributed by atoms with E-state index >= 15 is 0 Å². The van der Waals surface area contributed by atoms with Crippen molar-refractivity contribution in [2.45, 2.75) is 57.9 Å². The Kier molecular flexibility index (Phi) is 9.61. The zero-order valence-electron chi connectivity index (χ0n) is 22.3. The molecule has 3 aliphatic heterocycles. The molecule has 206 valence electrons. The highest BCUT2D eigenvalue weighted by atomic mass is 19.1. The van der Waals surface area contributed by atoms with E-state index in [1.54, 1.807) is 19.2 Å². The number of benzene rings is 1. The van der Waals surface area contributed by atoms with Crippen LogP contribution >= 0.6 is 0 Å². The highest BCUT2D eigenvalue weighted by Gasteiger charge is 2.32. The third-order valence-electron chi connectivity index (χ3n) is 7.41. The summed E-state index contributed by atoms with van der Waals surface area (Å²) >= 11 is 0. The van der Waals surface area contributed by atoms with Gasteiger partial charge in [-0.05, 0) is 64.3 Å². The minimum Gasteiger partial charge on any atom is -0.495 e. The molecule has 37 heavy (non-hydrogen) atoms. The third-order valence-corrected chi connectivity index (χ3v) is 7.41. The second-order valence-electron chi connectivity index (χ2n) is 10.5. The van der Waals surface area contributed by atoms with Gasteiger partial charge in [0, 0.05) is 45.2 Å². The van der Waals surface area contributed by atoms with Gasteiger partial charge in [-0.15, -0.1) is 0 Å². The van der Waals surface area contributed by atoms with Crippen LogP contribution in [0.15, 0.2) is 18.2 Å². The number of rotatable bonds is 10. The number of ether oxygens (including phenoxy) is 3. The van der Waals surface area contributed by atoms with Gasteiger partial charge in [0.1, 0.15) is 24.3 Å². The number of nitrogens with zero attached hydrogens (tertiary/aromatic N) is 3. The highest BCUT2D eigenvalue weighted by Crippen LogP contribution is 2.33. The van der Waals surface area contributed by atoms with Crippen molar-refractivity contribution in [3.05, 3.63) is 18.2 Å². The predicted molar refractivity (Wildman–Crippen MR) is 139 cm³/mol.